The molecule has 91 heavy (non-hydrogen) atoms. The Kier molecular flexibility index (Phi) is 12.1. The van der Waals surface area contributed by atoms with E-state index in [-0.39, 0.29) is 71.8 Å². The summed E-state index contributed by atoms with van der Waals surface area (Å²) in [4.78, 5) is 8.57. The van der Waals surface area contributed by atoms with Gasteiger partial charge in [0.25, 0.3) is 6.71 Å². The molecule has 0 amide bonds. The highest BCUT2D eigenvalue weighted by atomic mass is 16.3. The van der Waals surface area contributed by atoms with Crippen LogP contribution in [0.4, 0.5) is 45.5 Å². The zero-order valence-corrected chi connectivity index (χ0v) is 60.3. The molecule has 476 valence electrons. The van der Waals surface area contributed by atoms with Gasteiger partial charge in [0.1, 0.15) is 5.58 Å². The molecule has 2 unspecified atom stereocenters. The normalized spacial score (nSPS) is 26.8. The van der Waals surface area contributed by atoms with E-state index in [0.717, 1.165) is 56.2 Å². The molecule has 4 nitrogen and oxygen atoms in total. The Morgan fingerprint density at radius 3 is 1.20 bits per heavy atom. The zero-order chi connectivity index (χ0) is 64.7. The third-order valence-electron chi connectivity index (χ3n) is 28.1. The van der Waals surface area contributed by atoms with Crippen molar-refractivity contribution < 1.29 is 4.42 Å². The first-order valence-corrected chi connectivity index (χ1v) is 36.1. The molecule has 0 saturated heterocycles. The minimum atomic E-state index is -0.189. The molecule has 6 aliphatic carbocycles. The van der Waals surface area contributed by atoms with E-state index in [1.54, 1.807) is 16.7 Å². The van der Waals surface area contributed by atoms with E-state index in [4.69, 9.17) is 4.42 Å². The van der Waals surface area contributed by atoms with Crippen molar-refractivity contribution >= 4 is 79.8 Å². The van der Waals surface area contributed by atoms with Crippen LogP contribution in [0.15, 0.2) is 89.3 Å². The second kappa shape index (κ2) is 18.2. The highest BCUT2D eigenvalue weighted by Gasteiger charge is 2.60. The summed E-state index contributed by atoms with van der Waals surface area (Å²) >= 11 is 0. The third kappa shape index (κ3) is 8.12. The van der Waals surface area contributed by atoms with Crippen molar-refractivity contribution in [2.45, 2.75) is 307 Å². The number of rotatable bonds is 3. The van der Waals surface area contributed by atoms with Gasteiger partial charge in [-0.2, -0.15) is 0 Å². The van der Waals surface area contributed by atoms with Crippen LogP contribution in [0.3, 0.4) is 0 Å². The molecule has 0 radical (unpaired) electrons. The van der Waals surface area contributed by atoms with Gasteiger partial charge in [-0.05, 0) is 271 Å². The number of hydrogen-bond acceptors (Lipinski definition) is 4. The van der Waals surface area contributed by atoms with Gasteiger partial charge in [-0.1, -0.05) is 183 Å². The van der Waals surface area contributed by atoms with E-state index in [1.165, 1.54) is 151 Å². The topological polar surface area (TPSA) is 22.9 Å². The van der Waals surface area contributed by atoms with E-state index in [2.05, 4.69) is 252 Å². The second-order valence-corrected chi connectivity index (χ2v) is 38.5. The molecule has 4 heterocycles. The predicted molar refractivity (Wildman–Crippen MR) is 389 cm³/mol. The maximum absolute atomic E-state index is 8.06. The Labute approximate surface area is 549 Å². The van der Waals surface area contributed by atoms with E-state index in [1.807, 2.05) is 0 Å². The lowest BCUT2D eigenvalue weighted by atomic mass is 9.35. The first-order chi connectivity index (χ1) is 42.2. The second-order valence-electron chi connectivity index (χ2n) is 38.5. The van der Waals surface area contributed by atoms with Crippen molar-refractivity contribution in [3.8, 4) is 0 Å². The molecule has 0 bridgehead atoms. The molecule has 3 aliphatic heterocycles. The van der Waals surface area contributed by atoms with Crippen molar-refractivity contribution in [2.24, 2.45) is 0 Å². The van der Waals surface area contributed by atoms with Crippen LogP contribution < -0.4 is 31.3 Å². The Morgan fingerprint density at radius 1 is 0.319 bits per heavy atom. The Balaban J connectivity index is 1.08. The van der Waals surface area contributed by atoms with Crippen LogP contribution in [0, 0.1) is 0 Å². The molecular weight excluding hydrogens is 1100 g/mol. The van der Waals surface area contributed by atoms with Gasteiger partial charge in [0.2, 0.25) is 0 Å². The summed E-state index contributed by atoms with van der Waals surface area (Å²) in [5.74, 6) is 0. The van der Waals surface area contributed by atoms with Crippen molar-refractivity contribution in [3.63, 3.8) is 0 Å². The first-order valence-electron chi connectivity index (χ1n) is 36.1. The summed E-state index contributed by atoms with van der Waals surface area (Å²) in [5.41, 5.74) is 31.9. The average molecular weight is 1210 g/mol. The predicted octanol–water partition coefficient (Wildman–Crippen LogP) is 22.0. The number of hydrogen-bond donors (Lipinski definition) is 0. The number of benzene rings is 6. The minimum Gasteiger partial charge on any atom is -0.468 e. The third-order valence-corrected chi connectivity index (χ3v) is 28.1. The number of furan rings is 1. The molecule has 7 aromatic rings. The quantitative estimate of drug-likeness (QED) is 0.164. The van der Waals surface area contributed by atoms with Gasteiger partial charge in [0.05, 0.1) is 16.9 Å². The summed E-state index contributed by atoms with van der Waals surface area (Å²) in [5, 5.41) is 1.24. The number of nitrogens with zero attached hydrogens (tertiary/aromatic N) is 3. The molecule has 5 heteroatoms. The highest BCUT2D eigenvalue weighted by molar-refractivity contribution is 7.00. The fraction of sp³-hybridized carbons (Fsp3) is 0.558. The van der Waals surface area contributed by atoms with Gasteiger partial charge in [0.15, 0.2) is 0 Å². The summed E-state index contributed by atoms with van der Waals surface area (Å²) in [6.07, 6.45) is 16.5. The van der Waals surface area contributed by atoms with Crippen molar-refractivity contribution in [1.29, 1.82) is 0 Å². The molecular formula is C86H108BN3O. The lowest BCUT2D eigenvalue weighted by Gasteiger charge is -2.51. The first kappa shape index (κ1) is 60.3. The van der Waals surface area contributed by atoms with Crippen LogP contribution in [0.2, 0.25) is 0 Å². The molecule has 1 saturated carbocycles. The standard InChI is InChI=1S/C86H108BN3O/c1-75(2)31-33-77(5,6)57-41-51(25-27-55(57)75)88-68-49-63-61(81(13,14)37-39-83(63,17)18)47-66(68)87-72-69(88)43-53(90-67-48-62-60(80(11,12)36-38-82(62,15)16)46-65(67)85(21)29-23-24-30-86(85,90)22)44-70(72)89(52-26-28-56-58(42-52)78(7,8)34-32-76(56,3)4)73-54-45-59-64(50-71(54)91-74(73)87)84(19,20)40-35-79(59,9)10/h25-28,41-50H,23-24,29-40H2,1-22H3. The number of fused-ring (bicyclic) bond motifs is 14. The largest absolute Gasteiger partial charge is 0.468 e. The van der Waals surface area contributed by atoms with Gasteiger partial charge in [-0.3, -0.25) is 0 Å². The molecule has 0 N–H and O–H groups in total. The maximum Gasteiger partial charge on any atom is 0.297 e. The zero-order valence-electron chi connectivity index (χ0n) is 60.3. The van der Waals surface area contributed by atoms with E-state index < -0.39 is 0 Å². The summed E-state index contributed by atoms with van der Waals surface area (Å²) in [6, 6.07) is 37.1. The SMILES string of the molecule is CC1(C)CCC(C)(C)c2cc(N3c4cc5c(cc4B4c6oc7cc8c(cc7c6N(c6ccc7c(c6)C(C)(C)CCC7(C)C)c6cc(N7c9cc%10c(cc9C9(C)CCCCC79C)C(C)(C)CCC%10(C)C)cc3c64)C(C)(C)CCC8(C)C)C(C)(C)CCC5(C)C)ccc21. The van der Waals surface area contributed by atoms with Gasteiger partial charge in [-0.25, -0.2) is 0 Å². The van der Waals surface area contributed by atoms with E-state index >= 15 is 0 Å². The minimum absolute atomic E-state index is 0.00140. The van der Waals surface area contributed by atoms with E-state index in [0.29, 0.717) is 0 Å². The molecule has 0 spiro atoms. The van der Waals surface area contributed by atoms with Crippen LogP contribution in [0.1, 0.15) is 303 Å². The molecule has 2 atom stereocenters. The van der Waals surface area contributed by atoms with Gasteiger partial charge < -0.3 is 19.1 Å². The maximum atomic E-state index is 8.06. The van der Waals surface area contributed by atoms with Gasteiger partial charge in [0, 0.05) is 50.6 Å². The van der Waals surface area contributed by atoms with Crippen LogP contribution in [0.5, 0.6) is 0 Å². The summed E-state index contributed by atoms with van der Waals surface area (Å²) in [7, 11) is 0. The van der Waals surface area contributed by atoms with E-state index in [9.17, 15) is 0 Å². The van der Waals surface area contributed by atoms with Crippen LogP contribution in [0.25, 0.3) is 11.0 Å². The molecule has 1 fully saturated rings. The Bertz CT molecular complexity index is 4340. The molecule has 16 rings (SSSR count). The fourth-order valence-corrected chi connectivity index (χ4v) is 20.9. The lowest BCUT2D eigenvalue weighted by Crippen LogP contribution is -2.61. The fourth-order valence-electron chi connectivity index (χ4n) is 20.9. The molecule has 1 aromatic heterocycles. The smallest absolute Gasteiger partial charge is 0.297 e. The average Bonchev–Trinajstić information content (AvgIpc) is 1.64. The monoisotopic (exact) mass is 1210 g/mol. The Morgan fingerprint density at radius 2 is 0.703 bits per heavy atom. The number of anilines is 8. The van der Waals surface area contributed by atoms with Crippen molar-refractivity contribution in [1.82, 2.24) is 0 Å². The molecule has 6 aromatic carbocycles. The van der Waals surface area contributed by atoms with Crippen LogP contribution in [-0.2, 0) is 59.6 Å². The van der Waals surface area contributed by atoms with Gasteiger partial charge >= 0.3 is 0 Å². The lowest BCUT2D eigenvalue weighted by molar-refractivity contribution is 0.194. The van der Waals surface area contributed by atoms with Crippen LogP contribution in [-0.4, -0.2) is 12.3 Å². The molecule has 9 aliphatic rings. The summed E-state index contributed by atoms with van der Waals surface area (Å²) < 4.78 is 8.06. The van der Waals surface area contributed by atoms with Gasteiger partial charge in [-0.15, -0.1) is 0 Å². The van der Waals surface area contributed by atoms with Crippen LogP contribution >= 0.6 is 0 Å². The summed E-state index contributed by atoms with van der Waals surface area (Å²) in [6.45, 7) is 55.5. The van der Waals surface area contributed by atoms with Crippen molar-refractivity contribution in [3.05, 3.63) is 146 Å². The van der Waals surface area contributed by atoms with Crippen molar-refractivity contribution in [2.75, 3.05) is 14.7 Å². The Hall–Kier alpha value is -5.68. The highest BCUT2D eigenvalue weighted by Crippen LogP contribution is 2.65.